The number of nitrogens with zero attached hydrogens (tertiary/aromatic N) is 2. The Bertz CT molecular complexity index is 1690. The van der Waals surface area contributed by atoms with Crippen LogP contribution in [0.2, 0.25) is 0 Å². The van der Waals surface area contributed by atoms with Crippen LogP contribution in [-0.2, 0) is 32.6 Å². The van der Waals surface area contributed by atoms with Crippen molar-refractivity contribution < 1.29 is 22.4 Å². The standard InChI is InChI=1S/C35H38FN3O4S/c1-5-37-35(41)33(22-28-11-7-6-8-12-28)38(23-29-13-9-10-14-32(29)36)34(40)24-39(30-20-26(3)19-27(4)21-30)44(42,43)31-17-15-25(2)16-18-31/h6-21,33H,5,22-24H2,1-4H3,(H,37,41)/t33-/m1/s1. The quantitative estimate of drug-likeness (QED) is 0.221. The van der Waals surface area contributed by atoms with E-state index in [4.69, 9.17) is 0 Å². The lowest BCUT2D eigenvalue weighted by Crippen LogP contribution is -2.53. The van der Waals surface area contributed by atoms with Gasteiger partial charge < -0.3 is 10.2 Å². The van der Waals surface area contributed by atoms with Crippen LogP contribution in [0.1, 0.15) is 34.7 Å². The van der Waals surface area contributed by atoms with E-state index in [0.29, 0.717) is 12.2 Å². The number of hydrogen-bond acceptors (Lipinski definition) is 4. The first-order valence-electron chi connectivity index (χ1n) is 14.5. The van der Waals surface area contributed by atoms with Crippen LogP contribution in [0, 0.1) is 26.6 Å². The highest BCUT2D eigenvalue weighted by Crippen LogP contribution is 2.27. The number of halogens is 1. The van der Waals surface area contributed by atoms with Crippen LogP contribution < -0.4 is 9.62 Å². The van der Waals surface area contributed by atoms with Gasteiger partial charge in [0.1, 0.15) is 18.4 Å². The summed E-state index contributed by atoms with van der Waals surface area (Å²) in [6.45, 7) is 6.83. The van der Waals surface area contributed by atoms with E-state index in [0.717, 1.165) is 26.6 Å². The molecule has 4 aromatic rings. The third kappa shape index (κ3) is 7.90. The Morgan fingerprint density at radius 1 is 0.818 bits per heavy atom. The molecule has 9 heteroatoms. The van der Waals surface area contributed by atoms with Crippen molar-refractivity contribution in [2.75, 3.05) is 17.4 Å². The lowest BCUT2D eigenvalue weighted by molar-refractivity contribution is -0.140. The zero-order valence-electron chi connectivity index (χ0n) is 25.5. The van der Waals surface area contributed by atoms with Gasteiger partial charge in [0.2, 0.25) is 11.8 Å². The third-order valence-corrected chi connectivity index (χ3v) is 9.09. The van der Waals surface area contributed by atoms with Gasteiger partial charge in [-0.05, 0) is 74.7 Å². The highest BCUT2D eigenvalue weighted by molar-refractivity contribution is 7.92. The van der Waals surface area contributed by atoms with Crippen molar-refractivity contribution >= 4 is 27.5 Å². The van der Waals surface area contributed by atoms with E-state index in [1.165, 1.54) is 23.1 Å². The van der Waals surface area contributed by atoms with Gasteiger partial charge in [0.05, 0.1) is 10.6 Å². The van der Waals surface area contributed by atoms with Crippen LogP contribution in [0.25, 0.3) is 0 Å². The van der Waals surface area contributed by atoms with E-state index in [2.05, 4.69) is 5.32 Å². The molecule has 230 valence electrons. The van der Waals surface area contributed by atoms with Crippen LogP contribution in [0.15, 0.2) is 102 Å². The predicted octanol–water partition coefficient (Wildman–Crippen LogP) is 5.72. The number of aryl methyl sites for hydroxylation is 3. The first-order valence-corrected chi connectivity index (χ1v) is 16.0. The molecule has 0 aliphatic heterocycles. The van der Waals surface area contributed by atoms with E-state index in [9.17, 15) is 22.4 Å². The fraction of sp³-hybridized carbons (Fsp3) is 0.257. The summed E-state index contributed by atoms with van der Waals surface area (Å²) in [7, 11) is -4.22. The maximum Gasteiger partial charge on any atom is 0.264 e. The van der Waals surface area contributed by atoms with Gasteiger partial charge in [-0.15, -0.1) is 0 Å². The van der Waals surface area contributed by atoms with Crippen molar-refractivity contribution in [3.63, 3.8) is 0 Å². The van der Waals surface area contributed by atoms with E-state index in [1.54, 1.807) is 49.4 Å². The van der Waals surface area contributed by atoms with Crippen molar-refractivity contribution in [2.24, 2.45) is 0 Å². The van der Waals surface area contributed by atoms with Crippen LogP contribution in [0.4, 0.5) is 10.1 Å². The summed E-state index contributed by atoms with van der Waals surface area (Å²) >= 11 is 0. The lowest BCUT2D eigenvalue weighted by Gasteiger charge is -2.34. The minimum absolute atomic E-state index is 0.0280. The van der Waals surface area contributed by atoms with Gasteiger partial charge >= 0.3 is 0 Å². The molecule has 0 radical (unpaired) electrons. The summed E-state index contributed by atoms with van der Waals surface area (Å²) in [5.74, 6) is -1.59. The average molecular weight is 616 g/mol. The number of hydrogen-bond donors (Lipinski definition) is 1. The SMILES string of the molecule is CCNC(=O)[C@@H](Cc1ccccc1)N(Cc1ccccc1F)C(=O)CN(c1cc(C)cc(C)c1)S(=O)(=O)c1ccc(C)cc1. The van der Waals surface area contributed by atoms with Gasteiger partial charge in [-0.2, -0.15) is 0 Å². The van der Waals surface area contributed by atoms with Gasteiger partial charge in [0.15, 0.2) is 0 Å². The van der Waals surface area contributed by atoms with Crippen molar-refractivity contribution in [2.45, 2.75) is 51.6 Å². The molecule has 0 unspecified atom stereocenters. The van der Waals surface area contributed by atoms with Crippen LogP contribution in [-0.4, -0.2) is 44.3 Å². The van der Waals surface area contributed by atoms with Crippen molar-refractivity contribution in [1.82, 2.24) is 10.2 Å². The van der Waals surface area contributed by atoms with E-state index < -0.39 is 40.2 Å². The predicted molar refractivity (Wildman–Crippen MR) is 171 cm³/mol. The Kier molecular flexibility index (Phi) is 10.5. The maximum atomic E-state index is 15.0. The normalized spacial score (nSPS) is 11.9. The number of benzene rings is 4. The molecule has 0 saturated carbocycles. The molecule has 0 spiro atoms. The summed E-state index contributed by atoms with van der Waals surface area (Å²) in [4.78, 5) is 29.3. The Morgan fingerprint density at radius 3 is 2.05 bits per heavy atom. The highest BCUT2D eigenvalue weighted by atomic mass is 32.2. The van der Waals surface area contributed by atoms with Crippen LogP contribution in [0.3, 0.4) is 0 Å². The van der Waals surface area contributed by atoms with Gasteiger partial charge in [0.25, 0.3) is 10.0 Å². The smallest absolute Gasteiger partial charge is 0.264 e. The first-order chi connectivity index (χ1) is 21.0. The molecule has 0 heterocycles. The van der Waals surface area contributed by atoms with E-state index in [1.807, 2.05) is 57.2 Å². The van der Waals surface area contributed by atoms with E-state index >= 15 is 0 Å². The van der Waals surface area contributed by atoms with Crippen LogP contribution in [0.5, 0.6) is 0 Å². The minimum Gasteiger partial charge on any atom is -0.355 e. The Balaban J connectivity index is 1.83. The highest BCUT2D eigenvalue weighted by Gasteiger charge is 2.35. The molecule has 0 bridgehead atoms. The Morgan fingerprint density at radius 2 is 1.43 bits per heavy atom. The molecule has 0 saturated heterocycles. The second-order valence-electron chi connectivity index (χ2n) is 10.9. The molecular weight excluding hydrogens is 577 g/mol. The van der Waals surface area contributed by atoms with Gasteiger partial charge in [-0.1, -0.05) is 72.3 Å². The largest absolute Gasteiger partial charge is 0.355 e. The molecule has 0 aliphatic rings. The summed E-state index contributed by atoms with van der Waals surface area (Å²) in [6, 6.07) is 26.0. The molecule has 2 amide bonds. The second-order valence-corrected chi connectivity index (χ2v) is 12.7. The molecule has 4 rings (SSSR count). The molecule has 0 aromatic heterocycles. The number of carbonyl (C=O) groups excluding carboxylic acids is 2. The molecule has 4 aromatic carbocycles. The molecule has 0 aliphatic carbocycles. The third-order valence-electron chi connectivity index (χ3n) is 7.30. The maximum absolute atomic E-state index is 15.0. The fourth-order valence-electron chi connectivity index (χ4n) is 5.12. The van der Waals surface area contributed by atoms with Crippen molar-refractivity contribution in [3.8, 4) is 0 Å². The number of carbonyl (C=O) groups is 2. The Labute approximate surface area is 259 Å². The molecule has 7 nitrogen and oxygen atoms in total. The number of likely N-dealkylation sites (N-methyl/N-ethyl adjacent to an activating group) is 1. The van der Waals surface area contributed by atoms with Gasteiger partial charge in [-0.3, -0.25) is 13.9 Å². The molecule has 0 fully saturated rings. The van der Waals surface area contributed by atoms with E-state index in [-0.39, 0.29) is 23.4 Å². The number of anilines is 1. The summed E-state index contributed by atoms with van der Waals surface area (Å²) in [6.07, 6.45) is 0.154. The molecule has 1 atom stereocenters. The summed E-state index contributed by atoms with van der Waals surface area (Å²) in [5.41, 5.74) is 3.86. The summed E-state index contributed by atoms with van der Waals surface area (Å²) in [5, 5.41) is 2.80. The summed E-state index contributed by atoms with van der Waals surface area (Å²) < 4.78 is 44.3. The molecule has 44 heavy (non-hydrogen) atoms. The fourth-order valence-corrected chi connectivity index (χ4v) is 6.51. The number of amides is 2. The zero-order chi connectivity index (χ0) is 31.9. The number of nitrogens with one attached hydrogen (secondary N) is 1. The van der Waals surface area contributed by atoms with Gasteiger partial charge in [0, 0.05) is 25.1 Å². The molecule has 1 N–H and O–H groups in total. The van der Waals surface area contributed by atoms with Crippen LogP contribution >= 0.6 is 0 Å². The lowest BCUT2D eigenvalue weighted by atomic mass is 10.0. The number of sulfonamides is 1. The average Bonchev–Trinajstić information content (AvgIpc) is 2.98. The van der Waals surface area contributed by atoms with Crippen molar-refractivity contribution in [1.29, 1.82) is 0 Å². The van der Waals surface area contributed by atoms with Crippen molar-refractivity contribution in [3.05, 3.63) is 131 Å². The monoisotopic (exact) mass is 615 g/mol. The second kappa shape index (κ2) is 14.3. The number of rotatable bonds is 12. The zero-order valence-corrected chi connectivity index (χ0v) is 26.3. The Hall–Kier alpha value is -4.50. The minimum atomic E-state index is -4.22. The molecular formula is C35H38FN3O4S. The first kappa shape index (κ1) is 32.4. The topological polar surface area (TPSA) is 86.8 Å². The van der Waals surface area contributed by atoms with Gasteiger partial charge in [-0.25, -0.2) is 12.8 Å².